The molecular formula is C21H30N2O4. The van der Waals surface area contributed by atoms with Crippen molar-refractivity contribution in [3.63, 3.8) is 0 Å². The summed E-state index contributed by atoms with van der Waals surface area (Å²) >= 11 is 0. The molecule has 2 atom stereocenters. The smallest absolute Gasteiger partial charge is 0.318 e. The number of carbonyl (C=O) groups is 3. The highest BCUT2D eigenvalue weighted by Gasteiger charge is 2.62. The zero-order valence-corrected chi connectivity index (χ0v) is 16.2. The molecule has 0 N–H and O–H groups in total. The first-order valence-corrected chi connectivity index (χ1v) is 10.1. The Hall–Kier alpha value is -2.11. The fourth-order valence-corrected chi connectivity index (χ4v) is 4.79. The first kappa shape index (κ1) is 19.6. The summed E-state index contributed by atoms with van der Waals surface area (Å²) in [6.07, 6.45) is 9.04. The SMILES string of the molecule is C=CCN1C(=O)[C@H](CC(=O)N2CCCCC2)[C@@]2(C(=O)OCC)CCCC=C12. The van der Waals surface area contributed by atoms with Gasteiger partial charge in [-0.05, 0) is 45.4 Å². The van der Waals surface area contributed by atoms with Gasteiger partial charge in [-0.3, -0.25) is 14.4 Å². The number of amides is 2. The van der Waals surface area contributed by atoms with E-state index < -0.39 is 11.3 Å². The number of hydrogen-bond donors (Lipinski definition) is 0. The van der Waals surface area contributed by atoms with Crippen LogP contribution in [0, 0.1) is 11.3 Å². The lowest BCUT2D eigenvalue weighted by Crippen LogP contribution is -2.44. The van der Waals surface area contributed by atoms with Crippen molar-refractivity contribution in [1.29, 1.82) is 0 Å². The number of esters is 1. The van der Waals surface area contributed by atoms with Crippen LogP contribution >= 0.6 is 0 Å². The van der Waals surface area contributed by atoms with Crippen molar-refractivity contribution in [3.05, 3.63) is 24.4 Å². The van der Waals surface area contributed by atoms with Crippen molar-refractivity contribution in [2.75, 3.05) is 26.2 Å². The molecule has 6 nitrogen and oxygen atoms in total. The highest BCUT2D eigenvalue weighted by atomic mass is 16.5. The van der Waals surface area contributed by atoms with Crippen molar-refractivity contribution in [2.24, 2.45) is 11.3 Å². The van der Waals surface area contributed by atoms with Crippen LogP contribution in [0.3, 0.4) is 0 Å². The monoisotopic (exact) mass is 374 g/mol. The van der Waals surface area contributed by atoms with E-state index in [9.17, 15) is 14.4 Å². The molecule has 2 saturated heterocycles. The fraction of sp³-hybridized carbons (Fsp3) is 0.667. The van der Waals surface area contributed by atoms with Gasteiger partial charge in [0.25, 0.3) is 0 Å². The van der Waals surface area contributed by atoms with Crippen LogP contribution in [0.1, 0.15) is 51.9 Å². The van der Waals surface area contributed by atoms with Crippen LogP contribution in [-0.2, 0) is 19.1 Å². The number of fused-ring (bicyclic) bond motifs is 1. The number of carbonyl (C=O) groups excluding carboxylic acids is 3. The third-order valence-corrected chi connectivity index (χ3v) is 6.06. The summed E-state index contributed by atoms with van der Waals surface area (Å²) in [7, 11) is 0. The number of nitrogens with zero attached hydrogens (tertiary/aromatic N) is 2. The Morgan fingerprint density at radius 3 is 2.70 bits per heavy atom. The lowest BCUT2D eigenvalue weighted by molar-refractivity contribution is -0.158. The molecule has 0 saturated carbocycles. The standard InChI is InChI=1S/C21H30N2O4/c1-3-12-23-17-10-6-7-11-21(17,20(26)27-4-2)16(19(23)25)15-18(24)22-13-8-5-9-14-22/h3,10,16H,1,4-9,11-15H2,2H3/t16-,21-/m0/s1. The van der Waals surface area contributed by atoms with Gasteiger partial charge in [-0.25, -0.2) is 0 Å². The van der Waals surface area contributed by atoms with Crippen LogP contribution in [0.4, 0.5) is 0 Å². The quantitative estimate of drug-likeness (QED) is 0.529. The second-order valence-corrected chi connectivity index (χ2v) is 7.61. The Bertz CT molecular complexity index is 651. The molecule has 148 valence electrons. The van der Waals surface area contributed by atoms with Crippen LogP contribution in [-0.4, -0.2) is 53.8 Å². The number of piperidine rings is 1. The zero-order valence-electron chi connectivity index (χ0n) is 16.2. The highest BCUT2D eigenvalue weighted by molar-refractivity contribution is 5.99. The van der Waals surface area contributed by atoms with Gasteiger partial charge in [-0.15, -0.1) is 6.58 Å². The number of ether oxygens (including phenoxy) is 1. The average molecular weight is 374 g/mol. The van der Waals surface area contributed by atoms with E-state index in [0.29, 0.717) is 18.7 Å². The number of allylic oxidation sites excluding steroid dienone is 1. The maximum atomic E-state index is 13.3. The minimum absolute atomic E-state index is 0.0258. The normalized spacial score (nSPS) is 27.8. The fourth-order valence-electron chi connectivity index (χ4n) is 4.79. The predicted molar refractivity (Wildman–Crippen MR) is 101 cm³/mol. The van der Waals surface area contributed by atoms with Gasteiger partial charge in [0.2, 0.25) is 11.8 Å². The summed E-state index contributed by atoms with van der Waals surface area (Å²) in [6, 6.07) is 0. The molecule has 1 aliphatic carbocycles. The van der Waals surface area contributed by atoms with Crippen molar-refractivity contribution in [2.45, 2.75) is 51.9 Å². The molecule has 0 bridgehead atoms. The van der Waals surface area contributed by atoms with Crippen LogP contribution in [0.15, 0.2) is 24.4 Å². The van der Waals surface area contributed by atoms with Gasteiger partial charge in [0.05, 0.1) is 12.5 Å². The molecule has 2 fully saturated rings. The van der Waals surface area contributed by atoms with Crippen molar-refractivity contribution in [1.82, 2.24) is 9.80 Å². The summed E-state index contributed by atoms with van der Waals surface area (Å²) in [5.41, 5.74) is -0.312. The number of rotatable bonds is 6. The molecule has 2 amide bonds. The Balaban J connectivity index is 1.94. The van der Waals surface area contributed by atoms with E-state index in [-0.39, 0.29) is 30.8 Å². The molecule has 0 aromatic carbocycles. The molecule has 0 aromatic rings. The summed E-state index contributed by atoms with van der Waals surface area (Å²) in [6.45, 7) is 7.61. The first-order chi connectivity index (χ1) is 13.1. The third-order valence-electron chi connectivity index (χ3n) is 6.06. The van der Waals surface area contributed by atoms with Crippen molar-refractivity contribution in [3.8, 4) is 0 Å². The Kier molecular flexibility index (Phi) is 6.02. The summed E-state index contributed by atoms with van der Waals surface area (Å²) in [4.78, 5) is 42.7. The van der Waals surface area contributed by atoms with Crippen molar-refractivity contribution >= 4 is 17.8 Å². The highest BCUT2D eigenvalue weighted by Crippen LogP contribution is 2.53. The first-order valence-electron chi connectivity index (χ1n) is 10.1. The molecule has 0 radical (unpaired) electrons. The van der Waals surface area contributed by atoms with E-state index >= 15 is 0 Å². The van der Waals surface area contributed by atoms with Crippen LogP contribution in [0.5, 0.6) is 0 Å². The topological polar surface area (TPSA) is 66.9 Å². The van der Waals surface area contributed by atoms with E-state index in [0.717, 1.165) is 45.2 Å². The number of hydrogen-bond acceptors (Lipinski definition) is 4. The summed E-state index contributed by atoms with van der Waals surface area (Å²) in [5.74, 6) is -1.23. The van der Waals surface area contributed by atoms with Crippen LogP contribution in [0.25, 0.3) is 0 Å². The largest absolute Gasteiger partial charge is 0.465 e. The minimum atomic E-state index is -1.03. The van der Waals surface area contributed by atoms with Crippen LogP contribution in [0.2, 0.25) is 0 Å². The van der Waals surface area contributed by atoms with Gasteiger partial charge in [-0.1, -0.05) is 12.2 Å². The van der Waals surface area contributed by atoms with E-state index in [1.165, 1.54) is 0 Å². The van der Waals surface area contributed by atoms with E-state index in [4.69, 9.17) is 4.74 Å². The molecule has 0 aromatic heterocycles. The molecule has 0 unspecified atom stereocenters. The average Bonchev–Trinajstić information content (AvgIpc) is 2.93. The zero-order chi connectivity index (χ0) is 19.4. The second-order valence-electron chi connectivity index (χ2n) is 7.61. The van der Waals surface area contributed by atoms with Crippen molar-refractivity contribution < 1.29 is 19.1 Å². The number of likely N-dealkylation sites (tertiary alicyclic amines) is 2. The van der Waals surface area contributed by atoms with Crippen LogP contribution < -0.4 is 0 Å². The Labute approximate surface area is 161 Å². The molecule has 27 heavy (non-hydrogen) atoms. The Morgan fingerprint density at radius 1 is 1.30 bits per heavy atom. The molecule has 0 spiro atoms. The van der Waals surface area contributed by atoms with E-state index in [1.807, 2.05) is 11.0 Å². The van der Waals surface area contributed by atoms with Gasteiger partial charge in [-0.2, -0.15) is 0 Å². The lowest BCUT2D eigenvalue weighted by Gasteiger charge is -2.36. The predicted octanol–water partition coefficient (Wildman–Crippen LogP) is 2.65. The molecule has 2 heterocycles. The maximum absolute atomic E-state index is 13.3. The summed E-state index contributed by atoms with van der Waals surface area (Å²) < 4.78 is 5.41. The Morgan fingerprint density at radius 2 is 2.04 bits per heavy atom. The maximum Gasteiger partial charge on any atom is 0.318 e. The molecule has 6 heteroatoms. The van der Waals surface area contributed by atoms with Gasteiger partial charge in [0, 0.05) is 31.8 Å². The van der Waals surface area contributed by atoms with Gasteiger partial charge < -0.3 is 14.5 Å². The van der Waals surface area contributed by atoms with Gasteiger partial charge in [0.15, 0.2) is 0 Å². The molecular weight excluding hydrogens is 344 g/mol. The van der Waals surface area contributed by atoms with E-state index in [2.05, 4.69) is 6.58 Å². The van der Waals surface area contributed by atoms with E-state index in [1.54, 1.807) is 17.9 Å². The molecule has 3 rings (SSSR count). The van der Waals surface area contributed by atoms with Gasteiger partial charge in [0.1, 0.15) is 5.41 Å². The van der Waals surface area contributed by atoms with Gasteiger partial charge >= 0.3 is 5.97 Å². The lowest BCUT2D eigenvalue weighted by atomic mass is 9.68. The molecule has 3 aliphatic rings. The third kappa shape index (κ3) is 3.42. The second kappa shape index (κ2) is 8.28. The minimum Gasteiger partial charge on any atom is -0.465 e. The molecule has 2 aliphatic heterocycles. The summed E-state index contributed by atoms with van der Waals surface area (Å²) in [5, 5.41) is 0.